The Balaban J connectivity index is 2.06. The van der Waals surface area contributed by atoms with Gasteiger partial charge in [0.05, 0.1) is 16.7 Å². The zero-order chi connectivity index (χ0) is 14.1. The van der Waals surface area contributed by atoms with Crippen LogP contribution in [-0.4, -0.2) is 9.97 Å². The van der Waals surface area contributed by atoms with Gasteiger partial charge in [0.2, 0.25) is 0 Å². The molecule has 0 fully saturated rings. The summed E-state index contributed by atoms with van der Waals surface area (Å²) in [5.74, 6) is -1.62. The normalized spacial score (nSPS) is 10.7. The number of nitrogens with one attached hydrogen (secondary N) is 1. The molecule has 3 aromatic rings. The number of aromatic nitrogens is 2. The molecule has 0 saturated heterocycles. The quantitative estimate of drug-likeness (QED) is 0.751. The van der Waals surface area contributed by atoms with Crippen molar-refractivity contribution in [3.8, 4) is 0 Å². The van der Waals surface area contributed by atoms with Gasteiger partial charge >= 0.3 is 0 Å². The SMILES string of the molecule is Nc1nc2ccccc2nc1Nc1cccc(F)c1F. The molecule has 2 aromatic carbocycles. The summed E-state index contributed by atoms with van der Waals surface area (Å²) in [7, 11) is 0. The molecule has 20 heavy (non-hydrogen) atoms. The predicted octanol–water partition coefficient (Wildman–Crippen LogP) is 3.23. The molecule has 0 aliphatic carbocycles. The van der Waals surface area contributed by atoms with Crippen LogP contribution in [0.2, 0.25) is 0 Å². The molecule has 1 aromatic heterocycles. The van der Waals surface area contributed by atoms with Gasteiger partial charge in [0, 0.05) is 0 Å². The topological polar surface area (TPSA) is 63.8 Å². The lowest BCUT2D eigenvalue weighted by molar-refractivity contribution is 0.511. The van der Waals surface area contributed by atoms with Crippen LogP contribution < -0.4 is 11.1 Å². The van der Waals surface area contributed by atoms with Crippen molar-refractivity contribution < 1.29 is 8.78 Å². The Bertz CT molecular complexity index is 789. The summed E-state index contributed by atoms with van der Waals surface area (Å²) in [6.07, 6.45) is 0. The highest BCUT2D eigenvalue weighted by atomic mass is 19.2. The number of anilines is 3. The van der Waals surface area contributed by atoms with Gasteiger partial charge in [-0.1, -0.05) is 18.2 Å². The van der Waals surface area contributed by atoms with Crippen LogP contribution >= 0.6 is 0 Å². The summed E-state index contributed by atoms with van der Waals surface area (Å²) in [5, 5.41) is 2.66. The van der Waals surface area contributed by atoms with Gasteiger partial charge < -0.3 is 11.1 Å². The zero-order valence-electron chi connectivity index (χ0n) is 10.3. The highest BCUT2D eigenvalue weighted by molar-refractivity contribution is 5.80. The molecule has 0 unspecified atom stereocenters. The first kappa shape index (κ1) is 12.3. The number of nitrogens with two attached hydrogens (primary N) is 1. The van der Waals surface area contributed by atoms with Gasteiger partial charge in [-0.15, -0.1) is 0 Å². The molecule has 0 aliphatic heterocycles. The first-order valence-corrected chi connectivity index (χ1v) is 5.88. The third kappa shape index (κ3) is 2.11. The fourth-order valence-electron chi connectivity index (χ4n) is 1.83. The molecule has 0 atom stereocenters. The Labute approximate surface area is 113 Å². The molecule has 3 rings (SSSR count). The van der Waals surface area contributed by atoms with E-state index in [4.69, 9.17) is 5.73 Å². The number of rotatable bonds is 2. The number of nitrogens with zero attached hydrogens (tertiary/aromatic N) is 2. The summed E-state index contributed by atoms with van der Waals surface area (Å²) in [6, 6.07) is 11.0. The van der Waals surface area contributed by atoms with E-state index in [0.29, 0.717) is 11.0 Å². The largest absolute Gasteiger partial charge is 0.381 e. The fraction of sp³-hybridized carbons (Fsp3) is 0. The van der Waals surface area contributed by atoms with E-state index >= 15 is 0 Å². The number of hydrogen-bond acceptors (Lipinski definition) is 4. The molecule has 3 N–H and O–H groups in total. The van der Waals surface area contributed by atoms with Crippen LogP contribution in [0.3, 0.4) is 0 Å². The molecule has 6 heteroatoms. The Morgan fingerprint density at radius 2 is 1.60 bits per heavy atom. The maximum atomic E-state index is 13.6. The standard InChI is InChI=1S/C14H10F2N4/c15-8-4-3-7-11(12(8)16)20-14-13(17)18-9-5-1-2-6-10(9)19-14/h1-7H,(H2,17,18)(H,19,20). The average molecular weight is 272 g/mol. The molecule has 0 aliphatic rings. The van der Waals surface area contributed by atoms with Crippen molar-refractivity contribution in [3.05, 3.63) is 54.1 Å². The van der Waals surface area contributed by atoms with E-state index in [0.717, 1.165) is 6.07 Å². The molecule has 0 bridgehead atoms. The summed E-state index contributed by atoms with van der Waals surface area (Å²) in [5.41, 5.74) is 6.98. The number of nitrogen functional groups attached to an aromatic ring is 1. The van der Waals surface area contributed by atoms with E-state index in [2.05, 4.69) is 15.3 Å². The molecule has 4 nitrogen and oxygen atoms in total. The predicted molar refractivity (Wildman–Crippen MR) is 73.6 cm³/mol. The molecule has 0 radical (unpaired) electrons. The van der Waals surface area contributed by atoms with Gasteiger partial charge in [-0.25, -0.2) is 18.7 Å². The summed E-state index contributed by atoms with van der Waals surface area (Å²) >= 11 is 0. The van der Waals surface area contributed by atoms with Gasteiger partial charge in [0.25, 0.3) is 0 Å². The lowest BCUT2D eigenvalue weighted by Crippen LogP contribution is -2.04. The number of halogens is 2. The molecule has 1 heterocycles. The van der Waals surface area contributed by atoms with E-state index in [1.165, 1.54) is 12.1 Å². The van der Waals surface area contributed by atoms with E-state index in [-0.39, 0.29) is 17.3 Å². The molecular weight excluding hydrogens is 262 g/mol. The van der Waals surface area contributed by atoms with Gasteiger partial charge in [0.15, 0.2) is 23.3 Å². The Morgan fingerprint density at radius 1 is 0.900 bits per heavy atom. The highest BCUT2D eigenvalue weighted by Crippen LogP contribution is 2.25. The first-order chi connectivity index (χ1) is 9.65. The number of fused-ring (bicyclic) bond motifs is 1. The molecule has 0 amide bonds. The van der Waals surface area contributed by atoms with Crippen LogP contribution in [0.5, 0.6) is 0 Å². The van der Waals surface area contributed by atoms with Crippen LogP contribution in [0.4, 0.5) is 26.1 Å². The number of para-hydroxylation sites is 2. The Morgan fingerprint density at radius 3 is 2.35 bits per heavy atom. The van der Waals surface area contributed by atoms with E-state index in [9.17, 15) is 8.78 Å². The maximum Gasteiger partial charge on any atom is 0.182 e. The molecule has 0 saturated carbocycles. The average Bonchev–Trinajstić information content (AvgIpc) is 2.44. The van der Waals surface area contributed by atoms with Gasteiger partial charge in [-0.3, -0.25) is 0 Å². The third-order valence-electron chi connectivity index (χ3n) is 2.80. The van der Waals surface area contributed by atoms with Crippen LogP contribution in [0.15, 0.2) is 42.5 Å². The van der Waals surface area contributed by atoms with Crippen molar-refractivity contribution >= 4 is 28.4 Å². The smallest absolute Gasteiger partial charge is 0.182 e. The third-order valence-corrected chi connectivity index (χ3v) is 2.80. The van der Waals surface area contributed by atoms with Crippen molar-refractivity contribution in [1.82, 2.24) is 9.97 Å². The fourth-order valence-corrected chi connectivity index (χ4v) is 1.83. The summed E-state index contributed by atoms with van der Waals surface area (Å²) < 4.78 is 26.8. The van der Waals surface area contributed by atoms with Crippen molar-refractivity contribution in [2.24, 2.45) is 0 Å². The minimum absolute atomic E-state index is 0.0405. The van der Waals surface area contributed by atoms with Crippen LogP contribution in [0, 0.1) is 11.6 Å². The second-order valence-electron chi connectivity index (χ2n) is 4.17. The van der Waals surface area contributed by atoms with Gasteiger partial charge in [-0.2, -0.15) is 0 Å². The van der Waals surface area contributed by atoms with Gasteiger partial charge in [-0.05, 0) is 24.3 Å². The lowest BCUT2D eigenvalue weighted by Gasteiger charge is -2.10. The van der Waals surface area contributed by atoms with E-state index < -0.39 is 11.6 Å². The van der Waals surface area contributed by atoms with Crippen molar-refractivity contribution in [2.45, 2.75) is 0 Å². The van der Waals surface area contributed by atoms with Crippen molar-refractivity contribution in [1.29, 1.82) is 0 Å². The lowest BCUT2D eigenvalue weighted by atomic mass is 10.3. The zero-order valence-corrected chi connectivity index (χ0v) is 10.3. The van der Waals surface area contributed by atoms with Crippen molar-refractivity contribution in [3.63, 3.8) is 0 Å². The molecular formula is C14H10F2N4. The molecule has 0 spiro atoms. The number of benzene rings is 2. The molecule has 100 valence electrons. The monoisotopic (exact) mass is 272 g/mol. The maximum absolute atomic E-state index is 13.6. The van der Waals surface area contributed by atoms with E-state index in [1.807, 2.05) is 6.07 Å². The van der Waals surface area contributed by atoms with E-state index in [1.54, 1.807) is 18.2 Å². The minimum Gasteiger partial charge on any atom is -0.381 e. The number of hydrogen-bond donors (Lipinski definition) is 2. The second kappa shape index (κ2) is 4.73. The minimum atomic E-state index is -0.984. The van der Waals surface area contributed by atoms with Gasteiger partial charge in [0.1, 0.15) is 0 Å². The first-order valence-electron chi connectivity index (χ1n) is 5.88. The summed E-state index contributed by atoms with van der Waals surface area (Å²) in [4.78, 5) is 8.41. The Hall–Kier alpha value is -2.76. The second-order valence-corrected chi connectivity index (χ2v) is 4.17. The van der Waals surface area contributed by atoms with Crippen LogP contribution in [-0.2, 0) is 0 Å². The highest BCUT2D eigenvalue weighted by Gasteiger charge is 2.11. The van der Waals surface area contributed by atoms with Crippen molar-refractivity contribution in [2.75, 3.05) is 11.1 Å². The summed E-state index contributed by atoms with van der Waals surface area (Å²) in [6.45, 7) is 0. The Kier molecular flexibility index (Phi) is 2.90. The van der Waals surface area contributed by atoms with Crippen LogP contribution in [0.25, 0.3) is 11.0 Å². The van der Waals surface area contributed by atoms with Crippen LogP contribution in [0.1, 0.15) is 0 Å².